The first-order valence-electron chi connectivity index (χ1n) is 5.61. The molecule has 0 radical (unpaired) electrons. The van der Waals surface area contributed by atoms with E-state index in [-0.39, 0.29) is 11.8 Å². The molecule has 1 unspecified atom stereocenters. The first-order chi connectivity index (χ1) is 8.00. The number of aromatic nitrogens is 2. The number of halogens is 1. The normalized spacial score (nSPS) is 22.9. The molecule has 1 saturated heterocycles. The van der Waals surface area contributed by atoms with Gasteiger partial charge in [0.2, 0.25) is 0 Å². The Hall–Kier alpha value is -0.720. The van der Waals surface area contributed by atoms with E-state index in [0.717, 1.165) is 24.1 Å². The SMILES string of the molecule is CN1CCN(C)C(C(=O)c2c(Br)cnn2C)C1. The summed E-state index contributed by atoms with van der Waals surface area (Å²) in [6, 6.07) is -0.0829. The highest BCUT2D eigenvalue weighted by Gasteiger charge is 2.31. The molecular weight excluding hydrogens is 284 g/mol. The third-order valence-electron chi connectivity index (χ3n) is 3.28. The topological polar surface area (TPSA) is 41.4 Å². The molecule has 5 nitrogen and oxygen atoms in total. The highest BCUT2D eigenvalue weighted by molar-refractivity contribution is 9.10. The van der Waals surface area contributed by atoms with Gasteiger partial charge < -0.3 is 4.90 Å². The van der Waals surface area contributed by atoms with E-state index in [2.05, 4.69) is 30.8 Å². The molecule has 1 aliphatic rings. The van der Waals surface area contributed by atoms with Crippen molar-refractivity contribution in [3.8, 4) is 0 Å². The molecule has 0 saturated carbocycles. The quantitative estimate of drug-likeness (QED) is 0.751. The summed E-state index contributed by atoms with van der Waals surface area (Å²) in [5.41, 5.74) is 0.650. The molecule has 1 aromatic heterocycles. The number of rotatable bonds is 2. The molecule has 1 atom stereocenters. The second-order valence-electron chi connectivity index (χ2n) is 4.59. The van der Waals surface area contributed by atoms with Gasteiger partial charge in [0.15, 0.2) is 5.78 Å². The van der Waals surface area contributed by atoms with Crippen molar-refractivity contribution in [3.05, 3.63) is 16.4 Å². The summed E-state index contributed by atoms with van der Waals surface area (Å²) in [6.07, 6.45) is 1.67. The molecule has 1 aliphatic heterocycles. The Kier molecular flexibility index (Phi) is 3.65. The van der Waals surface area contributed by atoms with Crippen LogP contribution in [0.4, 0.5) is 0 Å². The van der Waals surface area contributed by atoms with Crippen LogP contribution in [0.5, 0.6) is 0 Å². The van der Waals surface area contributed by atoms with E-state index in [1.807, 2.05) is 14.1 Å². The third kappa shape index (κ3) is 2.43. The second-order valence-corrected chi connectivity index (χ2v) is 5.44. The predicted molar refractivity (Wildman–Crippen MR) is 69.2 cm³/mol. The van der Waals surface area contributed by atoms with Crippen molar-refractivity contribution in [2.24, 2.45) is 7.05 Å². The van der Waals surface area contributed by atoms with Crippen LogP contribution >= 0.6 is 15.9 Å². The molecule has 94 valence electrons. The minimum atomic E-state index is -0.0829. The van der Waals surface area contributed by atoms with Gasteiger partial charge in [0.1, 0.15) is 5.69 Å². The van der Waals surface area contributed by atoms with Crippen molar-refractivity contribution < 1.29 is 4.79 Å². The molecule has 0 aliphatic carbocycles. The van der Waals surface area contributed by atoms with Crippen molar-refractivity contribution in [2.45, 2.75) is 6.04 Å². The first kappa shape index (κ1) is 12.7. The smallest absolute Gasteiger partial charge is 0.200 e. The van der Waals surface area contributed by atoms with Gasteiger partial charge in [0, 0.05) is 26.7 Å². The minimum Gasteiger partial charge on any atom is -0.303 e. The summed E-state index contributed by atoms with van der Waals surface area (Å²) in [4.78, 5) is 16.8. The lowest BCUT2D eigenvalue weighted by Crippen LogP contribution is -2.53. The summed E-state index contributed by atoms with van der Waals surface area (Å²) in [5, 5.41) is 4.09. The lowest BCUT2D eigenvalue weighted by molar-refractivity contribution is 0.0676. The average Bonchev–Trinajstić information content (AvgIpc) is 2.61. The van der Waals surface area contributed by atoms with Crippen LogP contribution in [-0.2, 0) is 7.05 Å². The number of ketones is 1. The number of carbonyl (C=O) groups excluding carboxylic acids is 1. The van der Waals surface area contributed by atoms with Crippen LogP contribution in [0.3, 0.4) is 0 Å². The Morgan fingerprint density at radius 3 is 2.71 bits per heavy atom. The summed E-state index contributed by atoms with van der Waals surface area (Å²) >= 11 is 3.38. The van der Waals surface area contributed by atoms with Crippen LogP contribution in [0.25, 0.3) is 0 Å². The second kappa shape index (κ2) is 4.88. The maximum Gasteiger partial charge on any atom is 0.200 e. The Morgan fingerprint density at radius 2 is 2.12 bits per heavy atom. The molecule has 0 bridgehead atoms. The van der Waals surface area contributed by atoms with E-state index in [1.54, 1.807) is 17.9 Å². The number of carbonyl (C=O) groups is 1. The molecule has 0 N–H and O–H groups in total. The zero-order valence-electron chi connectivity index (χ0n) is 10.4. The Balaban J connectivity index is 2.25. The monoisotopic (exact) mass is 300 g/mol. The number of likely N-dealkylation sites (N-methyl/N-ethyl adjacent to an activating group) is 2. The number of piperazine rings is 1. The standard InChI is InChI=1S/C11H17BrN4O/c1-14-4-5-15(2)9(7-14)11(17)10-8(12)6-13-16(10)3/h6,9H,4-5,7H2,1-3H3. The van der Waals surface area contributed by atoms with E-state index in [1.165, 1.54) is 0 Å². The first-order valence-corrected chi connectivity index (χ1v) is 6.40. The van der Waals surface area contributed by atoms with Gasteiger partial charge in [-0.25, -0.2) is 0 Å². The van der Waals surface area contributed by atoms with Crippen LogP contribution in [0, 0.1) is 0 Å². The zero-order chi connectivity index (χ0) is 12.6. The molecular formula is C11H17BrN4O. The van der Waals surface area contributed by atoms with Crippen LogP contribution in [0.2, 0.25) is 0 Å². The molecule has 0 aromatic carbocycles. The van der Waals surface area contributed by atoms with Crippen molar-refractivity contribution >= 4 is 21.7 Å². The van der Waals surface area contributed by atoms with Crippen LogP contribution in [-0.4, -0.2) is 65.1 Å². The number of hydrogen-bond acceptors (Lipinski definition) is 4. The van der Waals surface area contributed by atoms with E-state index in [0.29, 0.717) is 5.69 Å². The third-order valence-corrected chi connectivity index (χ3v) is 3.86. The fraction of sp³-hybridized carbons (Fsp3) is 0.636. The Morgan fingerprint density at radius 1 is 1.41 bits per heavy atom. The Bertz CT molecular complexity index is 412. The molecule has 2 heterocycles. The summed E-state index contributed by atoms with van der Waals surface area (Å²) < 4.78 is 2.40. The van der Waals surface area contributed by atoms with Crippen molar-refractivity contribution in [2.75, 3.05) is 33.7 Å². The summed E-state index contributed by atoms with van der Waals surface area (Å²) in [7, 11) is 5.84. The van der Waals surface area contributed by atoms with Crippen molar-refractivity contribution in [3.63, 3.8) is 0 Å². The van der Waals surface area contributed by atoms with Gasteiger partial charge in [0.05, 0.1) is 16.7 Å². The van der Waals surface area contributed by atoms with Crippen LogP contribution in [0.15, 0.2) is 10.7 Å². The van der Waals surface area contributed by atoms with Gasteiger partial charge in [-0.1, -0.05) is 0 Å². The van der Waals surface area contributed by atoms with Crippen LogP contribution < -0.4 is 0 Å². The molecule has 6 heteroatoms. The van der Waals surface area contributed by atoms with Gasteiger partial charge in [-0.05, 0) is 30.0 Å². The molecule has 1 fully saturated rings. The number of Topliss-reactive ketones (excluding diaryl/α,β-unsaturated/α-hetero) is 1. The Labute approximate surface area is 110 Å². The molecule has 17 heavy (non-hydrogen) atoms. The van der Waals surface area contributed by atoms with E-state index >= 15 is 0 Å². The summed E-state index contributed by atoms with van der Waals surface area (Å²) in [5.74, 6) is 0.130. The van der Waals surface area contributed by atoms with Crippen molar-refractivity contribution in [1.29, 1.82) is 0 Å². The largest absolute Gasteiger partial charge is 0.303 e. The molecule has 0 spiro atoms. The van der Waals surface area contributed by atoms with E-state index < -0.39 is 0 Å². The maximum atomic E-state index is 12.5. The van der Waals surface area contributed by atoms with Gasteiger partial charge in [-0.15, -0.1) is 0 Å². The number of hydrogen-bond donors (Lipinski definition) is 0. The fourth-order valence-electron chi connectivity index (χ4n) is 2.14. The van der Waals surface area contributed by atoms with Gasteiger partial charge in [0.25, 0.3) is 0 Å². The summed E-state index contributed by atoms with van der Waals surface area (Å²) in [6.45, 7) is 2.70. The molecule has 2 rings (SSSR count). The maximum absolute atomic E-state index is 12.5. The van der Waals surface area contributed by atoms with E-state index in [9.17, 15) is 4.79 Å². The molecule has 1 aromatic rings. The average molecular weight is 301 g/mol. The van der Waals surface area contributed by atoms with Gasteiger partial charge in [-0.3, -0.25) is 14.4 Å². The fourth-order valence-corrected chi connectivity index (χ4v) is 2.68. The number of nitrogens with zero attached hydrogens (tertiary/aromatic N) is 4. The lowest BCUT2D eigenvalue weighted by atomic mass is 10.1. The van der Waals surface area contributed by atoms with E-state index in [4.69, 9.17) is 0 Å². The highest BCUT2D eigenvalue weighted by atomic mass is 79.9. The predicted octanol–water partition coefficient (Wildman–Crippen LogP) is 0.611. The lowest BCUT2D eigenvalue weighted by Gasteiger charge is -2.36. The zero-order valence-corrected chi connectivity index (χ0v) is 11.9. The van der Waals surface area contributed by atoms with Gasteiger partial charge in [-0.2, -0.15) is 5.10 Å². The van der Waals surface area contributed by atoms with Gasteiger partial charge >= 0.3 is 0 Å². The molecule has 0 amide bonds. The highest BCUT2D eigenvalue weighted by Crippen LogP contribution is 2.19. The van der Waals surface area contributed by atoms with Crippen LogP contribution in [0.1, 0.15) is 10.5 Å². The van der Waals surface area contributed by atoms with Crippen molar-refractivity contribution in [1.82, 2.24) is 19.6 Å². The number of aryl methyl sites for hydroxylation is 1. The minimum absolute atomic E-state index is 0.0829.